The van der Waals surface area contributed by atoms with Gasteiger partial charge in [-0.15, -0.1) is 0 Å². The van der Waals surface area contributed by atoms with E-state index in [0.29, 0.717) is 32.0 Å². The molecule has 1 fully saturated rings. The van der Waals surface area contributed by atoms with Gasteiger partial charge in [-0.25, -0.2) is 4.98 Å². The highest BCUT2D eigenvalue weighted by molar-refractivity contribution is 5.63. The van der Waals surface area contributed by atoms with E-state index >= 15 is 0 Å². The Labute approximate surface area is 175 Å². The fraction of sp³-hybridized carbons (Fsp3) is 0.316. The molecule has 1 aliphatic heterocycles. The zero-order valence-electron chi connectivity index (χ0n) is 16.2. The van der Waals surface area contributed by atoms with Crippen molar-refractivity contribution in [1.29, 1.82) is 0 Å². The number of ether oxygens (including phenoxy) is 2. The van der Waals surface area contributed by atoms with E-state index < -0.39 is 11.7 Å². The number of aromatic nitrogens is 5. The van der Waals surface area contributed by atoms with E-state index in [1.165, 1.54) is 0 Å². The number of nitrogen functional groups attached to an aromatic ring is 1. The Morgan fingerprint density at radius 3 is 2.61 bits per heavy atom. The van der Waals surface area contributed by atoms with Crippen molar-refractivity contribution in [2.75, 3.05) is 36.9 Å². The van der Waals surface area contributed by atoms with Crippen LogP contribution in [0.2, 0.25) is 0 Å². The summed E-state index contributed by atoms with van der Waals surface area (Å²) in [7, 11) is 0. The topological polar surface area (TPSA) is 112 Å². The maximum atomic E-state index is 13.6. The highest BCUT2D eigenvalue weighted by Crippen LogP contribution is 2.37. The van der Waals surface area contributed by atoms with Gasteiger partial charge in [0, 0.05) is 25.5 Å². The second-order valence-electron chi connectivity index (χ2n) is 6.60. The minimum atomic E-state index is -4.67. The highest BCUT2D eigenvalue weighted by Gasteiger charge is 2.35. The van der Waals surface area contributed by atoms with Crippen molar-refractivity contribution in [3.63, 3.8) is 0 Å². The van der Waals surface area contributed by atoms with Gasteiger partial charge in [-0.1, -0.05) is 6.07 Å². The molecule has 1 saturated heterocycles. The van der Waals surface area contributed by atoms with Gasteiger partial charge in [-0.2, -0.15) is 28.1 Å². The summed E-state index contributed by atoms with van der Waals surface area (Å²) in [5.41, 5.74) is 4.78. The zero-order chi connectivity index (χ0) is 21.8. The lowest BCUT2D eigenvalue weighted by atomic mass is 10.1. The van der Waals surface area contributed by atoms with Gasteiger partial charge >= 0.3 is 12.2 Å². The number of halogens is 3. The van der Waals surface area contributed by atoms with E-state index in [1.807, 2.05) is 0 Å². The van der Waals surface area contributed by atoms with Gasteiger partial charge in [0.15, 0.2) is 5.82 Å². The predicted molar refractivity (Wildman–Crippen MR) is 104 cm³/mol. The van der Waals surface area contributed by atoms with E-state index in [0.717, 1.165) is 12.3 Å². The maximum Gasteiger partial charge on any atom is 0.417 e. The Bertz CT molecular complexity index is 1040. The van der Waals surface area contributed by atoms with Crippen molar-refractivity contribution >= 4 is 11.8 Å². The van der Waals surface area contributed by atoms with Gasteiger partial charge in [0.25, 0.3) is 0 Å². The molecule has 0 aliphatic carbocycles. The molecule has 2 N–H and O–H groups in total. The fourth-order valence-electron chi connectivity index (χ4n) is 2.94. The summed E-state index contributed by atoms with van der Waals surface area (Å²) in [6.07, 6.45) is -2.07. The normalized spacial score (nSPS) is 14.5. The van der Waals surface area contributed by atoms with Crippen molar-refractivity contribution in [2.45, 2.75) is 12.8 Å². The van der Waals surface area contributed by atoms with Crippen molar-refractivity contribution in [3.05, 3.63) is 47.9 Å². The van der Waals surface area contributed by atoms with E-state index in [-0.39, 0.29) is 35.8 Å². The average Bonchev–Trinajstić information content (AvgIpc) is 2.78. The molecular formula is C19H18F3N7O2. The number of anilines is 2. The first-order chi connectivity index (χ1) is 14.9. The minimum absolute atomic E-state index is 0.0406. The summed E-state index contributed by atoms with van der Waals surface area (Å²) in [6.45, 7) is 1.90. The lowest BCUT2D eigenvalue weighted by Crippen LogP contribution is -2.37. The highest BCUT2D eigenvalue weighted by atomic mass is 19.4. The van der Waals surface area contributed by atoms with Crippen LogP contribution in [0.1, 0.15) is 11.3 Å². The van der Waals surface area contributed by atoms with Crippen molar-refractivity contribution < 1.29 is 22.6 Å². The smallest absolute Gasteiger partial charge is 0.417 e. The van der Waals surface area contributed by atoms with Crippen LogP contribution >= 0.6 is 0 Å². The van der Waals surface area contributed by atoms with Crippen LogP contribution in [0.4, 0.5) is 24.9 Å². The molecule has 4 rings (SSSR count). The molecule has 1 aliphatic rings. The van der Waals surface area contributed by atoms with E-state index in [9.17, 15) is 13.2 Å². The van der Waals surface area contributed by atoms with Crippen molar-refractivity contribution in [2.24, 2.45) is 0 Å². The zero-order valence-corrected chi connectivity index (χ0v) is 16.2. The average molecular weight is 433 g/mol. The number of pyridine rings is 2. The van der Waals surface area contributed by atoms with E-state index in [4.69, 9.17) is 15.2 Å². The number of alkyl halides is 3. The van der Waals surface area contributed by atoms with Gasteiger partial charge < -0.3 is 20.1 Å². The molecule has 162 valence electrons. The molecule has 0 amide bonds. The summed E-state index contributed by atoms with van der Waals surface area (Å²) >= 11 is 0. The Morgan fingerprint density at radius 1 is 1.10 bits per heavy atom. The fourth-order valence-corrected chi connectivity index (χ4v) is 2.94. The third-order valence-corrected chi connectivity index (χ3v) is 4.44. The molecule has 0 unspecified atom stereocenters. The van der Waals surface area contributed by atoms with Crippen LogP contribution in [0.5, 0.6) is 6.01 Å². The van der Waals surface area contributed by atoms with Crippen LogP contribution in [0.15, 0.2) is 36.7 Å². The quantitative estimate of drug-likeness (QED) is 0.648. The molecule has 0 spiro atoms. The molecule has 0 radical (unpaired) electrons. The molecule has 9 nitrogen and oxygen atoms in total. The molecule has 4 heterocycles. The summed E-state index contributed by atoms with van der Waals surface area (Å²) in [5.74, 6) is -0.285. The van der Waals surface area contributed by atoms with E-state index in [2.05, 4.69) is 24.9 Å². The molecule has 3 aromatic rings. The molecule has 0 bridgehead atoms. The lowest BCUT2D eigenvalue weighted by molar-refractivity contribution is -0.137. The molecule has 0 aromatic carbocycles. The van der Waals surface area contributed by atoms with Crippen molar-refractivity contribution in [1.82, 2.24) is 24.9 Å². The maximum absolute atomic E-state index is 13.6. The van der Waals surface area contributed by atoms with Crippen LogP contribution in [-0.2, 0) is 17.5 Å². The number of rotatable bonds is 5. The number of morpholine rings is 1. The molecule has 0 saturated carbocycles. The first kappa shape index (κ1) is 20.7. The number of hydrogen-bond acceptors (Lipinski definition) is 9. The minimum Gasteiger partial charge on any atom is -0.457 e. The molecule has 3 aromatic heterocycles. The Morgan fingerprint density at radius 2 is 1.90 bits per heavy atom. The second-order valence-corrected chi connectivity index (χ2v) is 6.60. The third kappa shape index (κ3) is 4.97. The van der Waals surface area contributed by atoms with Gasteiger partial charge in [-0.3, -0.25) is 4.98 Å². The third-order valence-electron chi connectivity index (χ3n) is 4.44. The second kappa shape index (κ2) is 8.68. The van der Waals surface area contributed by atoms with Crippen LogP contribution in [0, 0.1) is 0 Å². The first-order valence-corrected chi connectivity index (χ1v) is 9.35. The first-order valence-electron chi connectivity index (χ1n) is 9.35. The molecule has 12 heteroatoms. The Hall–Kier alpha value is -3.54. The van der Waals surface area contributed by atoms with Gasteiger partial charge in [0.05, 0.1) is 30.0 Å². The van der Waals surface area contributed by atoms with Crippen LogP contribution in [0.3, 0.4) is 0 Å². The molecular weight excluding hydrogens is 415 g/mol. The number of hydrogen-bond donors (Lipinski definition) is 1. The number of nitrogens with zero attached hydrogens (tertiary/aromatic N) is 6. The largest absolute Gasteiger partial charge is 0.457 e. The summed E-state index contributed by atoms with van der Waals surface area (Å²) < 4.78 is 51.8. The summed E-state index contributed by atoms with van der Waals surface area (Å²) in [5, 5.41) is 0. The van der Waals surface area contributed by atoms with Crippen LogP contribution < -0.4 is 15.4 Å². The van der Waals surface area contributed by atoms with Crippen molar-refractivity contribution in [3.8, 4) is 17.4 Å². The summed E-state index contributed by atoms with van der Waals surface area (Å²) in [6, 6.07) is 5.92. The summed E-state index contributed by atoms with van der Waals surface area (Å²) in [4.78, 5) is 22.4. The van der Waals surface area contributed by atoms with E-state index in [1.54, 1.807) is 29.3 Å². The number of nitrogens with two attached hydrogens (primary N) is 1. The van der Waals surface area contributed by atoms with Crippen LogP contribution in [0.25, 0.3) is 11.4 Å². The lowest BCUT2D eigenvalue weighted by Gasteiger charge is -2.27. The van der Waals surface area contributed by atoms with Gasteiger partial charge in [-0.05, 0) is 18.2 Å². The van der Waals surface area contributed by atoms with Gasteiger partial charge in [0.1, 0.15) is 12.4 Å². The standard InChI is InChI=1S/C19H18F3N7O2/c20-19(21,22)14-9-15(23)25-10-13(14)16-26-17(29-5-7-30-8-6-29)28-18(27-16)31-11-12-3-1-2-4-24-12/h1-4,9-10H,5-8,11H2,(H2,23,25). The Balaban J connectivity index is 1.74. The SMILES string of the molecule is Nc1cc(C(F)(F)F)c(-c2nc(OCc3ccccn3)nc(N3CCOCC3)n2)cn1. The van der Waals surface area contributed by atoms with Crippen LogP contribution in [-0.4, -0.2) is 51.2 Å². The predicted octanol–water partition coefficient (Wildman–Crippen LogP) is 2.35. The molecule has 31 heavy (non-hydrogen) atoms. The van der Waals surface area contributed by atoms with Gasteiger partial charge in [0.2, 0.25) is 5.95 Å². The molecule has 0 atom stereocenters. The monoisotopic (exact) mass is 433 g/mol. The Kier molecular flexibility index (Phi) is 5.80.